The third-order valence-electron chi connectivity index (χ3n) is 5.54. The first-order valence-electron chi connectivity index (χ1n) is 11.0. The molecule has 31 heavy (non-hydrogen) atoms. The maximum absolute atomic E-state index is 12.8. The highest BCUT2D eigenvalue weighted by atomic mass is 127. The van der Waals surface area contributed by atoms with E-state index in [1.807, 2.05) is 43.4 Å². The summed E-state index contributed by atoms with van der Waals surface area (Å²) < 4.78 is 9.09. The van der Waals surface area contributed by atoms with E-state index in [1.54, 1.807) is 6.92 Å². The van der Waals surface area contributed by atoms with Crippen molar-refractivity contribution in [2.45, 2.75) is 92.0 Å². The number of esters is 1. The Morgan fingerprint density at radius 3 is 1.94 bits per heavy atom. The van der Waals surface area contributed by atoms with Crippen LogP contribution in [0.1, 0.15) is 66.2 Å². The number of hydrogen-bond acceptors (Lipinski definition) is 6. The second kappa shape index (κ2) is 13.2. The third-order valence-corrected chi connectivity index (χ3v) is 6.55. The molecular formula is C21H36IN3O6. The third kappa shape index (κ3) is 7.30. The molecule has 0 aliphatic carbocycles. The van der Waals surface area contributed by atoms with Crippen molar-refractivity contribution in [3.8, 4) is 0 Å². The number of aliphatic hydroxyl groups is 1. The van der Waals surface area contributed by atoms with E-state index in [0.29, 0.717) is 36.5 Å². The molecule has 2 atom stereocenters. The Kier molecular flexibility index (Phi) is 11.7. The number of unbranched alkanes of at least 4 members (excludes halogenated alkanes) is 1. The van der Waals surface area contributed by atoms with Crippen molar-refractivity contribution in [2.24, 2.45) is 5.41 Å². The first-order valence-corrected chi connectivity index (χ1v) is 12.5. The molecule has 0 aliphatic heterocycles. The summed E-state index contributed by atoms with van der Waals surface area (Å²) in [4.78, 5) is 50.8. The van der Waals surface area contributed by atoms with Crippen LogP contribution in [0.15, 0.2) is 14.4 Å². The highest BCUT2D eigenvalue weighted by molar-refractivity contribution is 14.1. The number of carbonyl (C=O) groups is 1. The van der Waals surface area contributed by atoms with Gasteiger partial charge < -0.3 is 9.84 Å². The Labute approximate surface area is 196 Å². The number of carbonyl (C=O) groups excluding carboxylic acids is 1. The molecule has 0 saturated heterocycles. The summed E-state index contributed by atoms with van der Waals surface area (Å²) in [7, 11) is 0. The van der Waals surface area contributed by atoms with Crippen molar-refractivity contribution < 1.29 is 14.6 Å². The highest BCUT2D eigenvalue weighted by Gasteiger charge is 2.33. The molecule has 1 heterocycles. The van der Waals surface area contributed by atoms with Gasteiger partial charge in [0.05, 0.1) is 11.5 Å². The van der Waals surface area contributed by atoms with Crippen LogP contribution < -0.4 is 17.1 Å². The van der Waals surface area contributed by atoms with Crippen LogP contribution in [0.4, 0.5) is 0 Å². The summed E-state index contributed by atoms with van der Waals surface area (Å²) in [5.41, 5.74) is -2.54. The number of aliphatic hydroxyl groups excluding tert-OH is 1. The Bertz CT molecular complexity index is 891. The van der Waals surface area contributed by atoms with Crippen LogP contribution in [0, 0.1) is 5.41 Å². The van der Waals surface area contributed by atoms with Gasteiger partial charge in [0.1, 0.15) is 6.61 Å². The fourth-order valence-electron chi connectivity index (χ4n) is 3.24. The van der Waals surface area contributed by atoms with Crippen LogP contribution in [0.25, 0.3) is 0 Å². The summed E-state index contributed by atoms with van der Waals surface area (Å²) in [6, 6.07) is 0. The minimum absolute atomic E-state index is 0.0546. The lowest BCUT2D eigenvalue weighted by atomic mass is 9.83. The van der Waals surface area contributed by atoms with Gasteiger partial charge in [-0.2, -0.15) is 0 Å². The Hall–Kier alpha value is -1.43. The predicted octanol–water partition coefficient (Wildman–Crippen LogP) is 1.92. The number of nitrogens with zero attached hydrogens (tertiary/aromatic N) is 3. The number of rotatable bonds is 14. The normalized spacial score (nSPS) is 14.3. The van der Waals surface area contributed by atoms with Crippen LogP contribution in [0.5, 0.6) is 0 Å². The summed E-state index contributed by atoms with van der Waals surface area (Å²) in [6.45, 7) is 8.08. The maximum Gasteiger partial charge on any atom is 0.336 e. The molecule has 0 aliphatic rings. The van der Waals surface area contributed by atoms with Gasteiger partial charge >= 0.3 is 23.0 Å². The van der Waals surface area contributed by atoms with Crippen LogP contribution in [-0.4, -0.2) is 41.9 Å². The molecule has 0 aromatic carbocycles. The van der Waals surface area contributed by atoms with E-state index in [1.165, 1.54) is 0 Å². The monoisotopic (exact) mass is 553 g/mol. The standard InChI is InChI=1S/C21H36IN3O6/c1-5-8-12-24-18(28)23(11-6-2)19(29)25(20(24)30)13-9-10-21(4,7-3)17(27)31-15-16(26)14-22/h16,26H,5-15H2,1-4H3. The minimum Gasteiger partial charge on any atom is -0.462 e. The molecule has 1 aromatic heterocycles. The molecule has 1 rings (SSSR count). The van der Waals surface area contributed by atoms with Crippen molar-refractivity contribution in [1.29, 1.82) is 0 Å². The summed E-state index contributed by atoms with van der Waals surface area (Å²) in [6.07, 6.45) is 2.73. The lowest BCUT2D eigenvalue weighted by Gasteiger charge is -2.26. The molecule has 9 nitrogen and oxygen atoms in total. The number of ether oxygens (including phenoxy) is 1. The van der Waals surface area contributed by atoms with Gasteiger partial charge in [0.25, 0.3) is 0 Å². The largest absolute Gasteiger partial charge is 0.462 e. The Balaban J connectivity index is 3.07. The van der Waals surface area contributed by atoms with E-state index in [-0.39, 0.29) is 26.2 Å². The molecule has 0 radical (unpaired) electrons. The van der Waals surface area contributed by atoms with E-state index in [0.717, 1.165) is 20.1 Å². The van der Waals surface area contributed by atoms with Crippen LogP contribution in [-0.2, 0) is 29.2 Å². The number of halogens is 1. The maximum atomic E-state index is 12.8. The Morgan fingerprint density at radius 1 is 0.968 bits per heavy atom. The minimum atomic E-state index is -0.784. The summed E-state index contributed by atoms with van der Waals surface area (Å²) in [5.74, 6) is -0.400. The molecule has 1 N–H and O–H groups in total. The van der Waals surface area contributed by atoms with Crippen LogP contribution >= 0.6 is 22.6 Å². The van der Waals surface area contributed by atoms with E-state index in [4.69, 9.17) is 4.74 Å². The van der Waals surface area contributed by atoms with E-state index < -0.39 is 34.6 Å². The van der Waals surface area contributed by atoms with Gasteiger partial charge in [-0.05, 0) is 39.0 Å². The second-order valence-electron chi connectivity index (χ2n) is 8.08. The van der Waals surface area contributed by atoms with Gasteiger partial charge in [-0.1, -0.05) is 49.8 Å². The van der Waals surface area contributed by atoms with Crippen molar-refractivity contribution in [3.63, 3.8) is 0 Å². The summed E-state index contributed by atoms with van der Waals surface area (Å²) in [5, 5.41) is 9.62. The number of alkyl halides is 1. The first-order chi connectivity index (χ1) is 14.7. The molecule has 0 fully saturated rings. The molecule has 178 valence electrons. The lowest BCUT2D eigenvalue weighted by molar-refractivity contribution is -0.158. The molecule has 1 aromatic rings. The average molecular weight is 553 g/mol. The van der Waals surface area contributed by atoms with Crippen LogP contribution in [0.3, 0.4) is 0 Å². The second-order valence-corrected chi connectivity index (χ2v) is 8.96. The first kappa shape index (κ1) is 27.6. The van der Waals surface area contributed by atoms with Gasteiger partial charge in [0, 0.05) is 24.1 Å². The zero-order chi connectivity index (χ0) is 23.6. The van der Waals surface area contributed by atoms with Crippen molar-refractivity contribution in [2.75, 3.05) is 11.0 Å². The molecule has 2 unspecified atom stereocenters. The quantitative estimate of drug-likeness (QED) is 0.214. The predicted molar refractivity (Wildman–Crippen MR) is 128 cm³/mol. The number of aromatic nitrogens is 3. The lowest BCUT2D eigenvalue weighted by Crippen LogP contribution is -2.54. The molecule has 0 amide bonds. The zero-order valence-electron chi connectivity index (χ0n) is 19.1. The SMILES string of the molecule is CCCCn1c(=O)n(CCC)c(=O)n(CCCC(C)(CC)C(=O)OCC(O)CI)c1=O. The van der Waals surface area contributed by atoms with Gasteiger partial charge in [0.2, 0.25) is 0 Å². The molecule has 0 bridgehead atoms. The Morgan fingerprint density at radius 2 is 1.48 bits per heavy atom. The van der Waals surface area contributed by atoms with Gasteiger partial charge in [-0.15, -0.1) is 0 Å². The fourth-order valence-corrected chi connectivity index (χ4v) is 3.49. The van der Waals surface area contributed by atoms with Gasteiger partial charge in [-0.25, -0.2) is 28.1 Å². The molecule has 0 saturated carbocycles. The van der Waals surface area contributed by atoms with E-state index in [9.17, 15) is 24.3 Å². The van der Waals surface area contributed by atoms with Crippen molar-refractivity contribution in [1.82, 2.24) is 13.7 Å². The van der Waals surface area contributed by atoms with Gasteiger partial charge in [-0.3, -0.25) is 4.79 Å². The average Bonchev–Trinajstić information content (AvgIpc) is 2.76. The number of hydrogen-bond donors (Lipinski definition) is 1. The fraction of sp³-hybridized carbons (Fsp3) is 0.810. The van der Waals surface area contributed by atoms with Crippen molar-refractivity contribution in [3.05, 3.63) is 31.5 Å². The topological polar surface area (TPSA) is 113 Å². The van der Waals surface area contributed by atoms with E-state index in [2.05, 4.69) is 0 Å². The summed E-state index contributed by atoms with van der Waals surface area (Å²) >= 11 is 2.02. The molecule has 10 heteroatoms. The molecular weight excluding hydrogens is 517 g/mol. The molecule has 0 spiro atoms. The van der Waals surface area contributed by atoms with E-state index >= 15 is 0 Å². The van der Waals surface area contributed by atoms with Crippen LogP contribution in [0.2, 0.25) is 0 Å². The zero-order valence-corrected chi connectivity index (χ0v) is 21.2. The smallest absolute Gasteiger partial charge is 0.336 e. The van der Waals surface area contributed by atoms with Crippen molar-refractivity contribution >= 4 is 28.6 Å². The highest BCUT2D eigenvalue weighted by Crippen LogP contribution is 2.29. The van der Waals surface area contributed by atoms with Gasteiger partial charge in [0.15, 0.2) is 0 Å².